The van der Waals surface area contributed by atoms with Gasteiger partial charge in [-0.3, -0.25) is 14.4 Å². The van der Waals surface area contributed by atoms with Crippen LogP contribution in [0, 0.1) is 0 Å². The summed E-state index contributed by atoms with van der Waals surface area (Å²) in [5.74, 6) is -3.62. The molecule has 0 aromatic heterocycles. The largest absolute Gasteiger partial charge is 0.507 e. The Morgan fingerprint density at radius 1 is 1.12 bits per heavy atom. The van der Waals surface area contributed by atoms with Crippen LogP contribution in [0.4, 0.5) is 0 Å². The molecule has 0 saturated carbocycles. The van der Waals surface area contributed by atoms with Crippen LogP contribution in [-0.4, -0.2) is 101 Å². The van der Waals surface area contributed by atoms with Crippen LogP contribution in [0.15, 0.2) is 18.2 Å². The van der Waals surface area contributed by atoms with E-state index in [-0.39, 0.29) is 41.0 Å². The highest BCUT2D eigenvalue weighted by Gasteiger charge is 2.49. The molecule has 12 heteroatoms. The number of phenols is 2. The Kier molecular flexibility index (Phi) is 8.83. The van der Waals surface area contributed by atoms with Crippen LogP contribution in [-0.2, 0) is 20.7 Å². The van der Waals surface area contributed by atoms with Crippen molar-refractivity contribution in [3.05, 3.63) is 51.6 Å². The summed E-state index contributed by atoms with van der Waals surface area (Å²) in [5, 5.41) is 57.1. The first-order chi connectivity index (χ1) is 19.4. The van der Waals surface area contributed by atoms with Crippen molar-refractivity contribution in [3.8, 4) is 17.2 Å². The molecule has 0 spiro atoms. The molecule has 0 saturated heterocycles. The number of nitrogens with one attached hydrogen (secondary N) is 1. The Morgan fingerprint density at radius 2 is 1.80 bits per heavy atom. The second-order valence-electron chi connectivity index (χ2n) is 10.3. The van der Waals surface area contributed by atoms with Crippen LogP contribution in [0.5, 0.6) is 17.2 Å². The maximum atomic E-state index is 13.7. The lowest BCUT2D eigenvalue weighted by molar-refractivity contribution is -0.146. The highest BCUT2D eigenvalue weighted by Crippen LogP contribution is 2.52. The van der Waals surface area contributed by atoms with Gasteiger partial charge in [0.1, 0.15) is 29.5 Å². The number of hydrogen-bond donors (Lipinski definition) is 6. The first-order valence-electron chi connectivity index (χ1n) is 13.2. The first-order valence-corrected chi connectivity index (χ1v) is 13.2. The average molecular weight is 574 g/mol. The lowest BCUT2D eigenvalue weighted by atomic mass is 9.72. The summed E-state index contributed by atoms with van der Waals surface area (Å²) >= 11 is 0. The minimum absolute atomic E-state index is 0.0382. The van der Waals surface area contributed by atoms with Gasteiger partial charge in [0.2, 0.25) is 5.78 Å². The van der Waals surface area contributed by atoms with E-state index in [0.29, 0.717) is 0 Å². The molecular formula is C29H35NO11. The van der Waals surface area contributed by atoms with Gasteiger partial charge >= 0.3 is 0 Å². The van der Waals surface area contributed by atoms with Crippen LogP contribution >= 0.6 is 0 Å². The Balaban J connectivity index is 1.81. The normalized spacial score (nSPS) is 21.9. The molecule has 2 aliphatic rings. The van der Waals surface area contributed by atoms with E-state index in [1.807, 2.05) is 0 Å². The van der Waals surface area contributed by atoms with Crippen LogP contribution < -0.4 is 10.1 Å². The Morgan fingerprint density at radius 3 is 2.41 bits per heavy atom. The summed E-state index contributed by atoms with van der Waals surface area (Å²) in [6.45, 7) is 0.653. The van der Waals surface area contributed by atoms with Crippen molar-refractivity contribution in [2.45, 2.75) is 56.1 Å². The predicted molar refractivity (Wildman–Crippen MR) is 144 cm³/mol. The fourth-order valence-corrected chi connectivity index (χ4v) is 5.71. The van der Waals surface area contributed by atoms with Gasteiger partial charge in [0.05, 0.1) is 42.1 Å². The third-order valence-corrected chi connectivity index (χ3v) is 8.12. The second kappa shape index (κ2) is 11.8. The summed E-state index contributed by atoms with van der Waals surface area (Å²) in [6, 6.07) is 3.92. The number of carbonyl (C=O) groups is 3. The number of ether oxygens (including phenoxy) is 3. The van der Waals surface area contributed by atoms with Crippen molar-refractivity contribution >= 4 is 17.3 Å². The van der Waals surface area contributed by atoms with Crippen molar-refractivity contribution in [2.24, 2.45) is 0 Å². The maximum Gasteiger partial charge on any atom is 0.202 e. The third-order valence-electron chi connectivity index (χ3n) is 8.12. The average Bonchev–Trinajstić information content (AvgIpc) is 2.97. The van der Waals surface area contributed by atoms with Gasteiger partial charge in [0, 0.05) is 49.3 Å². The van der Waals surface area contributed by atoms with Crippen LogP contribution in [0.3, 0.4) is 0 Å². The number of carbonyl (C=O) groups excluding carboxylic acids is 3. The number of likely N-dealkylation sites (N-methyl/N-ethyl adjacent to an activating group) is 1. The molecule has 5 unspecified atom stereocenters. The molecule has 0 heterocycles. The Hall–Kier alpha value is -3.39. The van der Waals surface area contributed by atoms with E-state index in [4.69, 9.17) is 14.2 Å². The molecule has 0 fully saturated rings. The van der Waals surface area contributed by atoms with Gasteiger partial charge in [-0.05, 0) is 26.5 Å². The summed E-state index contributed by atoms with van der Waals surface area (Å²) < 4.78 is 16.5. The zero-order valence-electron chi connectivity index (χ0n) is 23.3. The quantitative estimate of drug-likeness (QED) is 0.175. The minimum atomic E-state index is -2.19. The topological polar surface area (TPSA) is 192 Å². The van der Waals surface area contributed by atoms with E-state index >= 15 is 0 Å². The van der Waals surface area contributed by atoms with E-state index in [2.05, 4.69) is 5.32 Å². The number of fused-ring (bicyclic) bond motifs is 3. The van der Waals surface area contributed by atoms with Gasteiger partial charge < -0.3 is 45.1 Å². The van der Waals surface area contributed by atoms with E-state index < -0.39 is 89.4 Å². The molecule has 5 atom stereocenters. The number of hydrogen-bond acceptors (Lipinski definition) is 12. The summed E-state index contributed by atoms with van der Waals surface area (Å²) in [4.78, 5) is 39.8. The second-order valence-corrected chi connectivity index (χ2v) is 10.3. The molecule has 0 aliphatic heterocycles. The van der Waals surface area contributed by atoms with Crippen LogP contribution in [0.1, 0.15) is 68.8 Å². The number of rotatable bonds is 11. The fraction of sp³-hybridized carbons (Fsp3) is 0.483. The number of methoxy groups -OCH3 is 2. The van der Waals surface area contributed by atoms with Gasteiger partial charge in [-0.15, -0.1) is 0 Å². The number of benzene rings is 2. The molecule has 0 bridgehead atoms. The van der Waals surface area contributed by atoms with Crippen molar-refractivity contribution in [3.63, 3.8) is 0 Å². The number of phenolic OH excluding ortho intramolecular Hbond substituents is 2. The molecule has 12 nitrogen and oxygen atoms in total. The molecular weight excluding hydrogens is 538 g/mol. The van der Waals surface area contributed by atoms with E-state index in [1.54, 1.807) is 14.0 Å². The standard InChI is InChI=1S/C29H35NO11/c1-13(39-3)24(33)16(30-2)8-9-41-18-11-29(38,19(32)12-31)10-15-21(18)28(37)23-22(26(15)35)25(34)14-6-5-7-17(40-4)20(14)27(23)36/h5-7,13,16,18,24,30-31,33,35,37-38H,8-12H2,1-4H3. The zero-order valence-corrected chi connectivity index (χ0v) is 23.3. The highest BCUT2D eigenvalue weighted by atomic mass is 16.5. The number of aliphatic hydroxyl groups excluding tert-OH is 2. The Bertz CT molecular complexity index is 1370. The van der Waals surface area contributed by atoms with Crippen molar-refractivity contribution < 1.29 is 54.1 Å². The van der Waals surface area contributed by atoms with Gasteiger partial charge in [-0.2, -0.15) is 0 Å². The molecule has 2 aromatic rings. The molecule has 2 aliphatic carbocycles. The van der Waals surface area contributed by atoms with Crippen LogP contribution in [0.25, 0.3) is 0 Å². The SMILES string of the molecule is CNC(CCOC1CC(O)(C(=O)CO)Cc2c(O)c3c(c(O)c21)C(=O)c1c(OC)cccc1C3=O)C(O)C(C)OC. The molecule has 222 valence electrons. The Labute approximate surface area is 236 Å². The molecule has 6 N–H and O–H groups in total. The predicted octanol–water partition coefficient (Wildman–Crippen LogP) is 0.552. The van der Waals surface area contributed by atoms with Gasteiger partial charge in [-0.25, -0.2) is 0 Å². The third kappa shape index (κ3) is 5.11. The highest BCUT2D eigenvalue weighted by molar-refractivity contribution is 6.31. The van der Waals surface area contributed by atoms with E-state index in [1.165, 1.54) is 32.4 Å². The molecule has 0 amide bonds. The summed E-state index contributed by atoms with van der Waals surface area (Å²) in [5.41, 5.74) is -3.40. The molecule has 0 radical (unpaired) electrons. The molecule has 2 aromatic carbocycles. The number of ketones is 3. The van der Waals surface area contributed by atoms with Crippen molar-refractivity contribution in [2.75, 3.05) is 34.5 Å². The van der Waals surface area contributed by atoms with E-state index in [0.717, 1.165) is 0 Å². The fourth-order valence-electron chi connectivity index (χ4n) is 5.71. The first kappa shape index (κ1) is 30.6. The van der Waals surface area contributed by atoms with E-state index in [9.17, 15) is 39.9 Å². The van der Waals surface area contributed by atoms with Crippen LogP contribution in [0.2, 0.25) is 0 Å². The van der Waals surface area contributed by atoms with Gasteiger partial charge in [-0.1, -0.05) is 12.1 Å². The van der Waals surface area contributed by atoms with Gasteiger partial charge in [0.15, 0.2) is 11.6 Å². The van der Waals surface area contributed by atoms with Crippen molar-refractivity contribution in [1.82, 2.24) is 5.32 Å². The number of aromatic hydroxyl groups is 2. The smallest absolute Gasteiger partial charge is 0.202 e. The summed E-state index contributed by atoms with van der Waals surface area (Å²) in [6.07, 6.45) is -3.33. The molecule has 41 heavy (non-hydrogen) atoms. The van der Waals surface area contributed by atoms with Crippen molar-refractivity contribution in [1.29, 1.82) is 0 Å². The number of Topliss-reactive ketones (excluding diaryl/α,β-unsaturated/α-hetero) is 1. The lowest BCUT2D eigenvalue weighted by Gasteiger charge is -2.39. The monoisotopic (exact) mass is 573 g/mol. The number of aliphatic hydroxyl groups is 3. The lowest BCUT2D eigenvalue weighted by Crippen LogP contribution is -2.48. The summed E-state index contributed by atoms with van der Waals surface area (Å²) in [7, 11) is 4.44. The maximum absolute atomic E-state index is 13.7. The van der Waals surface area contributed by atoms with Gasteiger partial charge in [0.25, 0.3) is 0 Å². The molecule has 4 rings (SSSR count). The zero-order chi connectivity index (χ0) is 30.2. The minimum Gasteiger partial charge on any atom is -0.507 e.